The molecule has 2 heterocycles. The highest BCUT2D eigenvalue weighted by Crippen LogP contribution is 2.43. The van der Waals surface area contributed by atoms with Crippen molar-refractivity contribution in [1.29, 1.82) is 0 Å². The molecular weight excluding hydrogens is 631 g/mol. The van der Waals surface area contributed by atoms with Gasteiger partial charge in [-0.15, -0.1) is 0 Å². The summed E-state index contributed by atoms with van der Waals surface area (Å²) in [6.45, 7) is 11.3. The first-order valence-corrected chi connectivity index (χ1v) is 20.3. The largest absolute Gasteiger partial charge is 0.462 e. The Morgan fingerprint density at radius 1 is 0.833 bits per heavy atom. The van der Waals surface area contributed by atoms with Crippen LogP contribution in [0.2, 0.25) is 0 Å². The van der Waals surface area contributed by atoms with Gasteiger partial charge in [-0.3, -0.25) is 9.36 Å². The molecule has 0 fully saturated rings. The Morgan fingerprint density at radius 3 is 2.06 bits per heavy atom. The van der Waals surface area contributed by atoms with E-state index in [4.69, 9.17) is 24.5 Å². The fraction of sp³-hybridized carbons (Fsp3) is 0.829. The SMILES string of the molecule is CCCCCCCCCCCCCCCCOCCCOP(=O)(CO[C@H](C)Cn1cnc2c(N)ncnc21)N[C@@H](C)C(=O)OC(C)CC. The van der Waals surface area contributed by atoms with Crippen LogP contribution in [0.4, 0.5) is 5.82 Å². The van der Waals surface area contributed by atoms with Gasteiger partial charge in [0.15, 0.2) is 11.5 Å². The maximum absolute atomic E-state index is 13.9. The number of rotatable bonds is 30. The third-order valence-corrected chi connectivity index (χ3v) is 10.3. The zero-order chi connectivity index (χ0) is 35.0. The Bertz CT molecular complexity index is 1180. The minimum absolute atomic E-state index is 0.205. The van der Waals surface area contributed by atoms with E-state index in [0.29, 0.717) is 49.6 Å². The number of nitrogens with zero attached hydrogens (tertiary/aromatic N) is 4. The van der Waals surface area contributed by atoms with Gasteiger partial charge in [0.1, 0.15) is 24.2 Å². The Kier molecular flexibility index (Phi) is 21.8. The molecule has 2 rings (SSSR count). The number of esters is 1. The molecular formula is C35H65N6O6P. The van der Waals surface area contributed by atoms with E-state index in [9.17, 15) is 9.36 Å². The van der Waals surface area contributed by atoms with Crippen molar-refractivity contribution in [2.24, 2.45) is 0 Å². The van der Waals surface area contributed by atoms with Gasteiger partial charge in [0, 0.05) is 13.2 Å². The molecule has 0 aliphatic carbocycles. The summed E-state index contributed by atoms with van der Waals surface area (Å²) in [5, 5.41) is 2.87. The lowest BCUT2D eigenvalue weighted by atomic mass is 10.0. The number of fused-ring (bicyclic) bond motifs is 1. The number of carbonyl (C=O) groups excluding carboxylic acids is 1. The monoisotopic (exact) mass is 696 g/mol. The predicted molar refractivity (Wildman–Crippen MR) is 193 cm³/mol. The molecule has 0 spiro atoms. The molecule has 2 unspecified atom stereocenters. The Balaban J connectivity index is 1.67. The van der Waals surface area contributed by atoms with E-state index in [1.165, 1.54) is 89.8 Å². The van der Waals surface area contributed by atoms with E-state index in [1.54, 1.807) is 17.8 Å². The van der Waals surface area contributed by atoms with E-state index >= 15 is 0 Å². The van der Waals surface area contributed by atoms with E-state index in [0.717, 1.165) is 6.42 Å². The molecule has 0 saturated carbocycles. The van der Waals surface area contributed by atoms with Gasteiger partial charge >= 0.3 is 5.97 Å². The van der Waals surface area contributed by atoms with Crippen molar-refractivity contribution < 1.29 is 28.1 Å². The van der Waals surface area contributed by atoms with Crippen molar-refractivity contribution >= 4 is 30.5 Å². The summed E-state index contributed by atoms with van der Waals surface area (Å²) in [6, 6.07) is -0.836. The molecule has 2 aromatic rings. The zero-order valence-corrected chi connectivity index (χ0v) is 31.4. The first kappa shape index (κ1) is 42.1. The van der Waals surface area contributed by atoms with Gasteiger partial charge in [-0.05, 0) is 40.0 Å². The van der Waals surface area contributed by atoms with Crippen LogP contribution in [-0.2, 0) is 34.6 Å². The highest BCUT2D eigenvalue weighted by Gasteiger charge is 2.31. The van der Waals surface area contributed by atoms with Crippen LogP contribution >= 0.6 is 7.52 Å². The zero-order valence-electron chi connectivity index (χ0n) is 30.5. The van der Waals surface area contributed by atoms with Crippen LogP contribution in [0, 0.1) is 0 Å². The van der Waals surface area contributed by atoms with Crippen molar-refractivity contribution in [2.75, 3.05) is 31.9 Å². The number of unbranched alkanes of at least 4 members (excludes halogenated alkanes) is 13. The maximum atomic E-state index is 13.9. The number of hydrogen-bond acceptors (Lipinski definition) is 10. The molecule has 3 N–H and O–H groups in total. The van der Waals surface area contributed by atoms with Crippen LogP contribution < -0.4 is 10.8 Å². The second-order valence-corrected chi connectivity index (χ2v) is 15.1. The van der Waals surface area contributed by atoms with E-state index in [1.807, 2.05) is 20.8 Å². The number of nitrogens with one attached hydrogen (secondary N) is 1. The minimum Gasteiger partial charge on any atom is -0.462 e. The molecule has 0 amide bonds. The number of nitrogen functional groups attached to an aromatic ring is 1. The van der Waals surface area contributed by atoms with Crippen LogP contribution in [0.1, 0.15) is 137 Å². The number of imidazole rings is 1. The van der Waals surface area contributed by atoms with Crippen molar-refractivity contribution in [3.8, 4) is 0 Å². The van der Waals surface area contributed by atoms with Gasteiger partial charge in [-0.1, -0.05) is 97.3 Å². The number of aromatic nitrogens is 4. The minimum atomic E-state index is -3.57. The molecule has 0 aliphatic heterocycles. The Labute approximate surface area is 289 Å². The van der Waals surface area contributed by atoms with Crippen LogP contribution in [0.5, 0.6) is 0 Å². The van der Waals surface area contributed by atoms with Crippen LogP contribution in [0.3, 0.4) is 0 Å². The topological polar surface area (TPSA) is 153 Å². The van der Waals surface area contributed by atoms with Crippen LogP contribution in [-0.4, -0.2) is 69.9 Å². The lowest BCUT2D eigenvalue weighted by Gasteiger charge is -2.25. The average molecular weight is 697 g/mol. The molecule has 12 nitrogen and oxygen atoms in total. The molecule has 13 heteroatoms. The number of nitrogens with two attached hydrogens (primary N) is 1. The molecule has 0 radical (unpaired) electrons. The van der Waals surface area contributed by atoms with Crippen molar-refractivity contribution in [2.45, 2.75) is 162 Å². The van der Waals surface area contributed by atoms with Crippen LogP contribution in [0.15, 0.2) is 12.7 Å². The van der Waals surface area contributed by atoms with Crippen molar-refractivity contribution in [3.63, 3.8) is 0 Å². The fourth-order valence-corrected chi connectivity index (χ4v) is 7.10. The predicted octanol–water partition coefficient (Wildman–Crippen LogP) is 8.19. The van der Waals surface area contributed by atoms with E-state index in [2.05, 4.69) is 27.0 Å². The molecule has 4 atom stereocenters. The highest BCUT2D eigenvalue weighted by molar-refractivity contribution is 7.56. The van der Waals surface area contributed by atoms with Gasteiger partial charge in [-0.25, -0.2) is 20.0 Å². The molecule has 276 valence electrons. The number of anilines is 1. The number of hydrogen-bond donors (Lipinski definition) is 2. The summed E-state index contributed by atoms with van der Waals surface area (Å²) in [5.74, 6) is -0.184. The second-order valence-electron chi connectivity index (χ2n) is 13.0. The Hall–Kier alpha value is -2.11. The molecule has 2 aromatic heterocycles. The van der Waals surface area contributed by atoms with E-state index in [-0.39, 0.29) is 25.2 Å². The van der Waals surface area contributed by atoms with Crippen molar-refractivity contribution in [3.05, 3.63) is 12.7 Å². The average Bonchev–Trinajstić information content (AvgIpc) is 3.48. The third-order valence-electron chi connectivity index (χ3n) is 8.42. The standard InChI is InChI=1S/C35H65N6O6P/c1-6-8-9-10-11-12-13-14-15-16-17-18-19-20-22-44-23-21-24-46-48(43,40-31(5)35(42)47-29(3)7-2)28-45-30(4)25-41-27-39-32-33(36)37-26-38-34(32)41/h26-27,29-31H,6-25,28H2,1-5H3,(H,40,43)(H2,36,37,38)/t29?,30-,31+,48?/m1/s1. The van der Waals surface area contributed by atoms with Gasteiger partial charge in [0.25, 0.3) is 7.52 Å². The van der Waals surface area contributed by atoms with Crippen molar-refractivity contribution in [1.82, 2.24) is 24.6 Å². The first-order valence-electron chi connectivity index (χ1n) is 18.5. The highest BCUT2D eigenvalue weighted by atomic mass is 31.2. The smallest absolute Gasteiger partial charge is 0.323 e. The Morgan fingerprint density at radius 2 is 1.44 bits per heavy atom. The summed E-state index contributed by atoms with van der Waals surface area (Å²) >= 11 is 0. The molecule has 0 aromatic carbocycles. The summed E-state index contributed by atoms with van der Waals surface area (Å²) in [5.41, 5.74) is 7.00. The molecule has 0 saturated heterocycles. The number of carbonyl (C=O) groups is 1. The van der Waals surface area contributed by atoms with E-state index < -0.39 is 19.5 Å². The van der Waals surface area contributed by atoms with Gasteiger partial charge < -0.3 is 29.0 Å². The molecule has 0 bridgehead atoms. The third kappa shape index (κ3) is 17.5. The van der Waals surface area contributed by atoms with Gasteiger partial charge in [0.05, 0.1) is 31.7 Å². The summed E-state index contributed by atoms with van der Waals surface area (Å²) in [7, 11) is -3.57. The first-order chi connectivity index (χ1) is 23.2. The van der Waals surface area contributed by atoms with Gasteiger partial charge in [-0.2, -0.15) is 0 Å². The summed E-state index contributed by atoms with van der Waals surface area (Å²) in [4.78, 5) is 25.1. The normalized spacial score (nSPS) is 14.9. The maximum Gasteiger partial charge on any atom is 0.323 e. The van der Waals surface area contributed by atoms with Crippen LogP contribution in [0.25, 0.3) is 11.2 Å². The fourth-order valence-electron chi connectivity index (χ4n) is 5.30. The molecule has 0 aliphatic rings. The lowest BCUT2D eigenvalue weighted by Crippen LogP contribution is -2.36. The second kappa shape index (κ2) is 24.9. The summed E-state index contributed by atoms with van der Waals surface area (Å²) in [6.07, 6.45) is 22.0. The summed E-state index contributed by atoms with van der Waals surface area (Å²) < 4.78 is 38.7. The van der Waals surface area contributed by atoms with Gasteiger partial charge in [0.2, 0.25) is 0 Å². The molecule has 48 heavy (non-hydrogen) atoms. The lowest BCUT2D eigenvalue weighted by molar-refractivity contribution is -0.150. The number of ether oxygens (including phenoxy) is 3. The quantitative estimate of drug-likeness (QED) is 0.0462.